The maximum absolute atomic E-state index is 6.20. The second-order valence-corrected chi connectivity index (χ2v) is 6.99. The van der Waals surface area contributed by atoms with E-state index >= 15 is 0 Å². The van der Waals surface area contributed by atoms with Gasteiger partial charge >= 0.3 is 0 Å². The molecule has 0 aromatic carbocycles. The number of nitrogens with zero attached hydrogens (tertiary/aromatic N) is 5. The van der Waals surface area contributed by atoms with E-state index in [0.29, 0.717) is 12.0 Å². The molecule has 2 saturated heterocycles. The highest BCUT2D eigenvalue weighted by Crippen LogP contribution is 2.26. The van der Waals surface area contributed by atoms with Crippen LogP contribution in [-0.2, 0) is 11.3 Å². The fraction of sp³-hybridized carbons (Fsp3) is 0.526. The molecule has 2 aromatic heterocycles. The zero-order valence-corrected chi connectivity index (χ0v) is 14.7. The molecule has 0 N–H and O–H groups in total. The summed E-state index contributed by atoms with van der Waals surface area (Å²) in [5.74, 6) is 1.51. The van der Waals surface area contributed by atoms with Gasteiger partial charge in [-0.25, -0.2) is 0 Å². The largest absolute Gasteiger partial charge is 0.375 e. The van der Waals surface area contributed by atoms with E-state index in [1.165, 1.54) is 0 Å². The number of piperidine rings is 1. The summed E-state index contributed by atoms with van der Waals surface area (Å²) in [6, 6.07) is 10.2. The first-order chi connectivity index (χ1) is 12.3. The van der Waals surface area contributed by atoms with Crippen LogP contribution in [0.3, 0.4) is 0 Å². The Bertz CT molecular complexity index is 678. The van der Waals surface area contributed by atoms with Crippen molar-refractivity contribution in [2.75, 3.05) is 37.7 Å². The minimum Gasteiger partial charge on any atom is -0.375 e. The van der Waals surface area contributed by atoms with E-state index in [0.717, 1.165) is 63.0 Å². The minimum atomic E-state index is 0.292. The van der Waals surface area contributed by atoms with Gasteiger partial charge < -0.3 is 9.64 Å². The van der Waals surface area contributed by atoms with Crippen molar-refractivity contribution in [3.8, 4) is 0 Å². The zero-order chi connectivity index (χ0) is 17.1. The summed E-state index contributed by atoms with van der Waals surface area (Å²) in [6.45, 7) is 7.57. The Morgan fingerprint density at radius 3 is 2.88 bits per heavy atom. The van der Waals surface area contributed by atoms with Gasteiger partial charge in [-0.05, 0) is 44.2 Å². The van der Waals surface area contributed by atoms with Crippen LogP contribution in [0.1, 0.15) is 17.8 Å². The smallest absolute Gasteiger partial charge is 0.151 e. The zero-order valence-electron chi connectivity index (χ0n) is 14.7. The average Bonchev–Trinajstić information content (AvgIpc) is 2.85. The third kappa shape index (κ3) is 3.96. The second-order valence-electron chi connectivity index (χ2n) is 6.99. The van der Waals surface area contributed by atoms with Gasteiger partial charge in [-0.1, -0.05) is 6.07 Å². The first-order valence-corrected chi connectivity index (χ1v) is 9.07. The maximum Gasteiger partial charge on any atom is 0.151 e. The molecule has 0 saturated carbocycles. The summed E-state index contributed by atoms with van der Waals surface area (Å²) < 4.78 is 6.20. The van der Waals surface area contributed by atoms with Crippen LogP contribution in [0.15, 0.2) is 36.5 Å². The minimum absolute atomic E-state index is 0.292. The summed E-state index contributed by atoms with van der Waals surface area (Å²) in [6.07, 6.45) is 3.30. The van der Waals surface area contributed by atoms with Crippen molar-refractivity contribution in [1.29, 1.82) is 0 Å². The first-order valence-electron chi connectivity index (χ1n) is 9.07. The van der Waals surface area contributed by atoms with Gasteiger partial charge in [-0.2, -0.15) is 5.10 Å². The highest BCUT2D eigenvalue weighted by atomic mass is 16.5. The molecule has 0 bridgehead atoms. The summed E-state index contributed by atoms with van der Waals surface area (Å²) in [5.41, 5.74) is 2.08. The normalized spacial score (nSPS) is 24.6. The van der Waals surface area contributed by atoms with Crippen LogP contribution in [0, 0.1) is 12.8 Å². The first kappa shape index (κ1) is 16.4. The number of hydrogen-bond donors (Lipinski definition) is 0. The topological polar surface area (TPSA) is 54.4 Å². The van der Waals surface area contributed by atoms with Crippen molar-refractivity contribution in [2.45, 2.75) is 26.0 Å². The van der Waals surface area contributed by atoms with Gasteiger partial charge in [-0.3, -0.25) is 9.88 Å². The molecule has 4 rings (SSSR count). The van der Waals surface area contributed by atoms with Gasteiger partial charge in [0.15, 0.2) is 5.82 Å². The van der Waals surface area contributed by atoms with Crippen molar-refractivity contribution < 1.29 is 4.74 Å². The Hall–Kier alpha value is -2.05. The molecule has 4 heterocycles. The second kappa shape index (κ2) is 7.45. The molecule has 0 spiro atoms. The van der Waals surface area contributed by atoms with Crippen LogP contribution in [0.5, 0.6) is 0 Å². The summed E-state index contributed by atoms with van der Waals surface area (Å²) in [7, 11) is 0. The lowest BCUT2D eigenvalue weighted by Gasteiger charge is -2.37. The van der Waals surface area contributed by atoms with Gasteiger partial charge in [0.05, 0.1) is 24.1 Å². The predicted octanol–water partition coefficient (Wildman–Crippen LogP) is 1.91. The number of aromatic nitrogens is 3. The van der Waals surface area contributed by atoms with E-state index in [4.69, 9.17) is 4.74 Å². The van der Waals surface area contributed by atoms with Crippen LogP contribution in [-0.4, -0.2) is 59.0 Å². The van der Waals surface area contributed by atoms with Gasteiger partial charge in [0.25, 0.3) is 0 Å². The molecule has 132 valence electrons. The van der Waals surface area contributed by atoms with E-state index in [9.17, 15) is 0 Å². The molecule has 2 fully saturated rings. The molecule has 0 amide bonds. The van der Waals surface area contributed by atoms with E-state index in [-0.39, 0.29) is 0 Å². The number of likely N-dealkylation sites (tertiary alicyclic amines) is 1. The van der Waals surface area contributed by atoms with Crippen LogP contribution in [0.25, 0.3) is 0 Å². The summed E-state index contributed by atoms with van der Waals surface area (Å²) in [5, 5.41) is 8.55. The van der Waals surface area contributed by atoms with E-state index < -0.39 is 0 Å². The van der Waals surface area contributed by atoms with Crippen LogP contribution >= 0.6 is 0 Å². The third-order valence-corrected chi connectivity index (χ3v) is 5.15. The van der Waals surface area contributed by atoms with E-state index in [1.54, 1.807) is 0 Å². The molecule has 6 nitrogen and oxygen atoms in total. The number of ether oxygens (including phenoxy) is 1. The fourth-order valence-corrected chi connectivity index (χ4v) is 3.75. The molecule has 0 aliphatic carbocycles. The quantitative estimate of drug-likeness (QED) is 0.851. The lowest BCUT2D eigenvalue weighted by atomic mass is 9.93. The number of fused-ring (bicyclic) bond motifs is 1. The summed E-state index contributed by atoms with van der Waals surface area (Å²) >= 11 is 0. The van der Waals surface area contributed by atoms with Gasteiger partial charge in [0, 0.05) is 38.3 Å². The van der Waals surface area contributed by atoms with E-state index in [1.807, 2.05) is 25.3 Å². The molecule has 0 unspecified atom stereocenters. The lowest BCUT2D eigenvalue weighted by Crippen LogP contribution is -2.46. The maximum atomic E-state index is 6.20. The third-order valence-electron chi connectivity index (χ3n) is 5.15. The molecule has 0 radical (unpaired) electrons. The standard InChI is InChI=1S/C19H25N5O/c1-15-5-6-19(22-21-15)24-10-11-25-18-14-23(9-7-16(18)12-24)13-17-4-2-3-8-20-17/h2-6,8,16,18H,7,9-14H2,1H3/t16-,18-/m0/s1. The SMILES string of the molecule is Cc1ccc(N2CCO[C@H]3CN(Cc4ccccn4)CC[C@H]3C2)nn1. The molecule has 2 aliphatic rings. The van der Waals surface area contributed by atoms with Crippen molar-refractivity contribution in [3.63, 3.8) is 0 Å². The molecular weight excluding hydrogens is 314 g/mol. The number of hydrogen-bond acceptors (Lipinski definition) is 6. The molecule has 6 heteroatoms. The molecule has 2 aromatic rings. The van der Waals surface area contributed by atoms with Crippen molar-refractivity contribution in [2.24, 2.45) is 5.92 Å². The van der Waals surface area contributed by atoms with Gasteiger partial charge in [0.1, 0.15) is 0 Å². The summed E-state index contributed by atoms with van der Waals surface area (Å²) in [4.78, 5) is 9.24. The Morgan fingerprint density at radius 1 is 1.12 bits per heavy atom. The Morgan fingerprint density at radius 2 is 2.08 bits per heavy atom. The predicted molar refractivity (Wildman–Crippen MR) is 96.3 cm³/mol. The molecule has 25 heavy (non-hydrogen) atoms. The highest BCUT2D eigenvalue weighted by Gasteiger charge is 2.33. The monoisotopic (exact) mass is 339 g/mol. The van der Waals surface area contributed by atoms with Crippen LogP contribution < -0.4 is 4.90 Å². The molecular formula is C19H25N5O. The van der Waals surface area contributed by atoms with Crippen LogP contribution in [0.2, 0.25) is 0 Å². The average molecular weight is 339 g/mol. The van der Waals surface area contributed by atoms with Crippen LogP contribution in [0.4, 0.5) is 5.82 Å². The Balaban J connectivity index is 1.39. The molecule has 2 atom stereocenters. The number of rotatable bonds is 3. The number of pyridine rings is 1. The fourth-order valence-electron chi connectivity index (χ4n) is 3.75. The van der Waals surface area contributed by atoms with E-state index in [2.05, 4.69) is 43.2 Å². The van der Waals surface area contributed by atoms with Crippen molar-refractivity contribution in [3.05, 3.63) is 47.9 Å². The Labute approximate surface area is 148 Å². The van der Waals surface area contributed by atoms with Gasteiger partial charge in [-0.15, -0.1) is 5.10 Å². The van der Waals surface area contributed by atoms with Crippen molar-refractivity contribution in [1.82, 2.24) is 20.1 Å². The number of aryl methyl sites for hydroxylation is 1. The molecule has 2 aliphatic heterocycles. The van der Waals surface area contributed by atoms with Crippen molar-refractivity contribution >= 4 is 5.82 Å². The number of anilines is 1. The van der Waals surface area contributed by atoms with Gasteiger partial charge in [0.2, 0.25) is 0 Å². The lowest BCUT2D eigenvalue weighted by molar-refractivity contribution is -0.0242. The Kier molecular flexibility index (Phi) is 4.90. The highest BCUT2D eigenvalue weighted by molar-refractivity contribution is 5.37.